The Labute approximate surface area is 126 Å². The SMILES string of the molecule is CCCC(C)c1ccc(Oc2ccc(CCl)cc2)cc1. The first-order valence-corrected chi connectivity index (χ1v) is 7.69. The zero-order valence-corrected chi connectivity index (χ0v) is 12.9. The van der Waals surface area contributed by atoms with E-state index in [-0.39, 0.29) is 0 Å². The van der Waals surface area contributed by atoms with Crippen LogP contribution in [0.4, 0.5) is 0 Å². The van der Waals surface area contributed by atoms with E-state index in [1.807, 2.05) is 36.4 Å². The van der Waals surface area contributed by atoms with Crippen LogP contribution in [-0.4, -0.2) is 0 Å². The van der Waals surface area contributed by atoms with Crippen molar-refractivity contribution in [1.29, 1.82) is 0 Å². The van der Waals surface area contributed by atoms with Gasteiger partial charge in [0.1, 0.15) is 11.5 Å². The average Bonchev–Trinajstić information content (AvgIpc) is 2.49. The molecule has 106 valence electrons. The minimum Gasteiger partial charge on any atom is -0.457 e. The molecule has 1 atom stereocenters. The fourth-order valence-electron chi connectivity index (χ4n) is 2.25. The number of ether oxygens (including phenoxy) is 1. The van der Waals surface area contributed by atoms with E-state index in [1.165, 1.54) is 18.4 Å². The Hall–Kier alpha value is -1.47. The summed E-state index contributed by atoms with van der Waals surface area (Å²) < 4.78 is 5.83. The zero-order chi connectivity index (χ0) is 14.4. The van der Waals surface area contributed by atoms with Crippen LogP contribution >= 0.6 is 11.6 Å². The number of rotatable bonds is 6. The van der Waals surface area contributed by atoms with Crippen molar-refractivity contribution in [2.75, 3.05) is 0 Å². The summed E-state index contributed by atoms with van der Waals surface area (Å²) in [5.74, 6) is 2.85. The fraction of sp³-hybridized carbons (Fsp3) is 0.333. The summed E-state index contributed by atoms with van der Waals surface area (Å²) >= 11 is 5.77. The largest absolute Gasteiger partial charge is 0.457 e. The smallest absolute Gasteiger partial charge is 0.127 e. The van der Waals surface area contributed by atoms with Gasteiger partial charge in [-0.15, -0.1) is 11.6 Å². The first kappa shape index (κ1) is 14.9. The van der Waals surface area contributed by atoms with Crippen molar-refractivity contribution in [2.24, 2.45) is 0 Å². The molecule has 0 amide bonds. The molecule has 0 aliphatic rings. The lowest BCUT2D eigenvalue weighted by atomic mass is 9.97. The summed E-state index contributed by atoms with van der Waals surface area (Å²) in [6, 6.07) is 16.3. The normalized spacial score (nSPS) is 12.2. The maximum atomic E-state index is 5.83. The van der Waals surface area contributed by atoms with Gasteiger partial charge in [-0.3, -0.25) is 0 Å². The number of hydrogen-bond donors (Lipinski definition) is 0. The highest BCUT2D eigenvalue weighted by Gasteiger charge is 2.04. The number of halogens is 1. The van der Waals surface area contributed by atoms with Crippen LogP contribution in [0.1, 0.15) is 43.7 Å². The van der Waals surface area contributed by atoms with E-state index in [4.69, 9.17) is 16.3 Å². The first-order valence-electron chi connectivity index (χ1n) is 7.15. The lowest BCUT2D eigenvalue weighted by molar-refractivity contribution is 0.482. The Kier molecular flexibility index (Phi) is 5.49. The first-order chi connectivity index (χ1) is 9.72. The molecule has 0 fully saturated rings. The highest BCUT2D eigenvalue weighted by Crippen LogP contribution is 2.26. The molecule has 20 heavy (non-hydrogen) atoms. The molecule has 0 spiro atoms. The molecular weight excluding hydrogens is 268 g/mol. The molecule has 2 heteroatoms. The van der Waals surface area contributed by atoms with Crippen LogP contribution in [0.3, 0.4) is 0 Å². The lowest BCUT2D eigenvalue weighted by Gasteiger charge is -2.12. The molecule has 0 N–H and O–H groups in total. The Morgan fingerprint density at radius 3 is 2.00 bits per heavy atom. The Balaban J connectivity index is 2.02. The Morgan fingerprint density at radius 1 is 0.950 bits per heavy atom. The lowest BCUT2D eigenvalue weighted by Crippen LogP contribution is -1.92. The van der Waals surface area contributed by atoms with Crippen molar-refractivity contribution in [2.45, 2.75) is 38.5 Å². The molecule has 0 radical (unpaired) electrons. The van der Waals surface area contributed by atoms with Crippen molar-refractivity contribution >= 4 is 11.6 Å². The molecule has 1 nitrogen and oxygen atoms in total. The second kappa shape index (κ2) is 7.35. The van der Waals surface area contributed by atoms with E-state index in [1.54, 1.807) is 0 Å². The van der Waals surface area contributed by atoms with E-state index < -0.39 is 0 Å². The van der Waals surface area contributed by atoms with E-state index in [9.17, 15) is 0 Å². The molecule has 2 aromatic rings. The topological polar surface area (TPSA) is 9.23 Å². The zero-order valence-electron chi connectivity index (χ0n) is 12.1. The maximum absolute atomic E-state index is 5.83. The van der Waals surface area contributed by atoms with Gasteiger partial charge < -0.3 is 4.74 Å². The minimum atomic E-state index is 0.532. The summed E-state index contributed by atoms with van der Waals surface area (Å²) in [6.07, 6.45) is 2.44. The van der Waals surface area contributed by atoms with Gasteiger partial charge in [-0.05, 0) is 47.7 Å². The third kappa shape index (κ3) is 4.01. The minimum absolute atomic E-state index is 0.532. The van der Waals surface area contributed by atoms with Gasteiger partial charge in [0.15, 0.2) is 0 Å². The molecule has 0 aromatic heterocycles. The van der Waals surface area contributed by atoms with Crippen LogP contribution in [0.25, 0.3) is 0 Å². The molecule has 0 bridgehead atoms. The predicted octanol–water partition coefficient (Wildman–Crippen LogP) is 6.12. The quantitative estimate of drug-likeness (QED) is 0.582. The van der Waals surface area contributed by atoms with Gasteiger partial charge in [-0.1, -0.05) is 44.5 Å². The van der Waals surface area contributed by atoms with Crippen molar-refractivity contribution in [3.63, 3.8) is 0 Å². The number of benzene rings is 2. The molecule has 0 heterocycles. The molecule has 0 saturated heterocycles. The van der Waals surface area contributed by atoms with Crippen LogP contribution in [0.2, 0.25) is 0 Å². The van der Waals surface area contributed by atoms with E-state index in [2.05, 4.69) is 26.0 Å². The van der Waals surface area contributed by atoms with Gasteiger partial charge in [-0.25, -0.2) is 0 Å². The molecule has 1 unspecified atom stereocenters. The Morgan fingerprint density at radius 2 is 1.50 bits per heavy atom. The predicted molar refractivity (Wildman–Crippen MR) is 85.8 cm³/mol. The van der Waals surface area contributed by atoms with E-state index >= 15 is 0 Å². The number of alkyl halides is 1. The van der Waals surface area contributed by atoms with E-state index in [0.717, 1.165) is 17.1 Å². The molecule has 0 aliphatic heterocycles. The molecular formula is C18H21ClO. The van der Waals surface area contributed by atoms with Crippen LogP contribution in [0.5, 0.6) is 11.5 Å². The van der Waals surface area contributed by atoms with Crippen LogP contribution in [0, 0.1) is 0 Å². The maximum Gasteiger partial charge on any atom is 0.127 e. The molecule has 2 aromatic carbocycles. The van der Waals surface area contributed by atoms with Crippen LogP contribution < -0.4 is 4.74 Å². The third-order valence-electron chi connectivity index (χ3n) is 3.48. The molecule has 0 aliphatic carbocycles. The summed E-state index contributed by atoms with van der Waals surface area (Å²) in [7, 11) is 0. The summed E-state index contributed by atoms with van der Waals surface area (Å²) in [5, 5.41) is 0. The van der Waals surface area contributed by atoms with E-state index in [0.29, 0.717) is 11.8 Å². The fourth-order valence-corrected chi connectivity index (χ4v) is 2.42. The van der Waals surface area contributed by atoms with Gasteiger partial charge >= 0.3 is 0 Å². The van der Waals surface area contributed by atoms with Crippen molar-refractivity contribution in [1.82, 2.24) is 0 Å². The molecule has 0 saturated carbocycles. The third-order valence-corrected chi connectivity index (χ3v) is 3.79. The van der Waals surface area contributed by atoms with Gasteiger partial charge in [-0.2, -0.15) is 0 Å². The monoisotopic (exact) mass is 288 g/mol. The van der Waals surface area contributed by atoms with Gasteiger partial charge in [0.05, 0.1) is 0 Å². The Bertz CT molecular complexity index is 516. The second-order valence-electron chi connectivity index (χ2n) is 5.14. The average molecular weight is 289 g/mol. The summed E-state index contributed by atoms with van der Waals surface area (Å²) in [5.41, 5.74) is 2.47. The second-order valence-corrected chi connectivity index (χ2v) is 5.41. The van der Waals surface area contributed by atoms with Crippen molar-refractivity contribution < 1.29 is 4.74 Å². The van der Waals surface area contributed by atoms with Crippen molar-refractivity contribution in [3.8, 4) is 11.5 Å². The summed E-state index contributed by atoms with van der Waals surface area (Å²) in [4.78, 5) is 0. The standard InChI is InChI=1S/C18H21ClO/c1-3-4-14(2)16-7-11-18(12-8-16)20-17-9-5-15(13-19)6-10-17/h5-12,14H,3-4,13H2,1-2H3. The van der Waals surface area contributed by atoms with Crippen molar-refractivity contribution in [3.05, 3.63) is 59.7 Å². The van der Waals surface area contributed by atoms with Crippen LogP contribution in [-0.2, 0) is 5.88 Å². The highest BCUT2D eigenvalue weighted by atomic mass is 35.5. The highest BCUT2D eigenvalue weighted by molar-refractivity contribution is 6.17. The van der Waals surface area contributed by atoms with Gasteiger partial charge in [0.25, 0.3) is 0 Å². The summed E-state index contributed by atoms with van der Waals surface area (Å²) in [6.45, 7) is 4.49. The van der Waals surface area contributed by atoms with Gasteiger partial charge in [0.2, 0.25) is 0 Å². The number of hydrogen-bond acceptors (Lipinski definition) is 1. The van der Waals surface area contributed by atoms with Crippen LogP contribution in [0.15, 0.2) is 48.5 Å². The van der Waals surface area contributed by atoms with Gasteiger partial charge in [0, 0.05) is 5.88 Å². The molecule has 2 rings (SSSR count).